The molecule has 0 aromatic heterocycles. The molecule has 0 radical (unpaired) electrons. The molecule has 0 saturated carbocycles. The number of rotatable bonds is 4. The van der Waals surface area contributed by atoms with Crippen LogP contribution in [0.15, 0.2) is 33.6 Å². The van der Waals surface area contributed by atoms with Gasteiger partial charge in [-0.3, -0.25) is 0 Å². The largest absolute Gasteiger partial charge is 0.494 e. The molecule has 0 saturated heterocycles. The van der Waals surface area contributed by atoms with Crippen LogP contribution >= 0.6 is 0 Å². The Kier molecular flexibility index (Phi) is 3.60. The van der Waals surface area contributed by atoms with Crippen molar-refractivity contribution < 1.29 is 17.9 Å². The Hall–Kier alpha value is -1.65. The predicted octanol–water partition coefficient (Wildman–Crippen LogP) is 1.11. The van der Waals surface area contributed by atoms with E-state index in [1.54, 1.807) is 0 Å². The first-order chi connectivity index (χ1) is 7.10. The molecule has 0 amide bonds. The Morgan fingerprint density at radius 1 is 1.33 bits per heavy atom. The van der Waals surface area contributed by atoms with Gasteiger partial charge in [-0.1, -0.05) is 4.40 Å². The van der Waals surface area contributed by atoms with Gasteiger partial charge >= 0.3 is 0 Å². The van der Waals surface area contributed by atoms with Crippen molar-refractivity contribution in [2.24, 2.45) is 4.40 Å². The molecular formula is C9H9NO4S. The number of ether oxygens (including phenoxy) is 1. The SMILES string of the molecule is CCOc1ccc(S(=O)(=O)N=C=O)cc1. The molecule has 0 aliphatic carbocycles. The standard InChI is InChI=1S/C9H9NO4S/c1-2-14-8-3-5-9(6-4-8)15(12,13)10-7-11/h3-6H,2H2,1H3. The van der Waals surface area contributed by atoms with E-state index in [2.05, 4.69) is 4.40 Å². The molecule has 15 heavy (non-hydrogen) atoms. The summed E-state index contributed by atoms with van der Waals surface area (Å²) in [4.78, 5) is 9.81. The average Bonchev–Trinajstić information content (AvgIpc) is 2.19. The predicted molar refractivity (Wildman–Crippen MR) is 52.9 cm³/mol. The van der Waals surface area contributed by atoms with E-state index in [9.17, 15) is 13.2 Å². The maximum Gasteiger partial charge on any atom is 0.292 e. The van der Waals surface area contributed by atoms with Crippen LogP contribution in [0.1, 0.15) is 6.92 Å². The summed E-state index contributed by atoms with van der Waals surface area (Å²) in [7, 11) is -3.90. The first kappa shape index (κ1) is 11.4. The van der Waals surface area contributed by atoms with Gasteiger partial charge in [-0.25, -0.2) is 4.79 Å². The Bertz CT molecular complexity index is 471. The van der Waals surface area contributed by atoms with E-state index in [-0.39, 0.29) is 4.90 Å². The van der Waals surface area contributed by atoms with Crippen molar-refractivity contribution in [2.75, 3.05) is 6.61 Å². The van der Waals surface area contributed by atoms with Crippen LogP contribution in [-0.4, -0.2) is 21.1 Å². The Morgan fingerprint density at radius 3 is 2.40 bits per heavy atom. The monoisotopic (exact) mass is 227 g/mol. The van der Waals surface area contributed by atoms with Crippen molar-refractivity contribution in [1.82, 2.24) is 0 Å². The van der Waals surface area contributed by atoms with E-state index in [0.717, 1.165) is 6.08 Å². The summed E-state index contributed by atoms with van der Waals surface area (Å²) in [5, 5.41) is 0. The molecule has 80 valence electrons. The maximum absolute atomic E-state index is 11.2. The van der Waals surface area contributed by atoms with Gasteiger partial charge < -0.3 is 4.74 Å². The highest BCUT2D eigenvalue weighted by Crippen LogP contribution is 2.17. The Labute approximate surface area is 87.5 Å². The van der Waals surface area contributed by atoms with Crippen LogP contribution in [0.3, 0.4) is 0 Å². The second-order valence-corrected chi connectivity index (χ2v) is 4.17. The zero-order valence-corrected chi connectivity index (χ0v) is 8.82. The van der Waals surface area contributed by atoms with Crippen LogP contribution in [-0.2, 0) is 14.8 Å². The highest BCUT2D eigenvalue weighted by Gasteiger charge is 2.11. The van der Waals surface area contributed by atoms with Gasteiger partial charge in [-0.05, 0) is 31.2 Å². The quantitative estimate of drug-likeness (QED) is 0.570. The average molecular weight is 227 g/mol. The summed E-state index contributed by atoms with van der Waals surface area (Å²) in [6.45, 7) is 2.32. The smallest absolute Gasteiger partial charge is 0.292 e. The van der Waals surface area contributed by atoms with Gasteiger partial charge in [0.15, 0.2) is 0 Å². The number of nitrogens with zero attached hydrogens (tertiary/aromatic N) is 1. The lowest BCUT2D eigenvalue weighted by atomic mass is 10.3. The zero-order chi connectivity index (χ0) is 11.3. The molecule has 1 aromatic carbocycles. The third-order valence-electron chi connectivity index (χ3n) is 1.59. The third kappa shape index (κ3) is 2.90. The fraction of sp³-hybridized carbons (Fsp3) is 0.222. The minimum atomic E-state index is -3.90. The van der Waals surface area contributed by atoms with Crippen molar-refractivity contribution in [3.63, 3.8) is 0 Å². The highest BCUT2D eigenvalue weighted by molar-refractivity contribution is 7.90. The molecular weight excluding hydrogens is 218 g/mol. The summed E-state index contributed by atoms with van der Waals surface area (Å²) in [5.74, 6) is 0.562. The lowest BCUT2D eigenvalue weighted by Gasteiger charge is -2.02. The first-order valence-corrected chi connectivity index (χ1v) is 5.61. The van der Waals surface area contributed by atoms with Crippen molar-refractivity contribution in [3.05, 3.63) is 24.3 Å². The minimum Gasteiger partial charge on any atom is -0.494 e. The van der Waals surface area contributed by atoms with Gasteiger partial charge in [0.1, 0.15) is 5.75 Å². The van der Waals surface area contributed by atoms with E-state index in [1.807, 2.05) is 6.92 Å². The number of isocyanates is 1. The van der Waals surface area contributed by atoms with Crippen LogP contribution in [0, 0.1) is 0 Å². The molecule has 0 aliphatic heterocycles. The molecule has 5 nitrogen and oxygen atoms in total. The second kappa shape index (κ2) is 4.72. The lowest BCUT2D eigenvalue weighted by molar-refractivity contribution is 0.340. The van der Waals surface area contributed by atoms with Crippen molar-refractivity contribution in [2.45, 2.75) is 11.8 Å². The number of sulfonamides is 1. The molecule has 0 bridgehead atoms. The summed E-state index contributed by atoms with van der Waals surface area (Å²) in [5.41, 5.74) is 0. The fourth-order valence-electron chi connectivity index (χ4n) is 0.976. The molecule has 6 heteroatoms. The van der Waals surface area contributed by atoms with E-state index in [0.29, 0.717) is 12.4 Å². The Morgan fingerprint density at radius 2 is 1.93 bits per heavy atom. The summed E-state index contributed by atoms with van der Waals surface area (Å²) in [6, 6.07) is 5.63. The zero-order valence-electron chi connectivity index (χ0n) is 8.00. The third-order valence-corrected chi connectivity index (χ3v) is 2.77. The number of carbonyl (C=O) groups excluding carboxylic acids is 1. The van der Waals surface area contributed by atoms with Gasteiger partial charge in [-0.15, -0.1) is 0 Å². The van der Waals surface area contributed by atoms with Gasteiger partial charge in [0.2, 0.25) is 0 Å². The number of benzene rings is 1. The van der Waals surface area contributed by atoms with Crippen molar-refractivity contribution in [1.29, 1.82) is 0 Å². The van der Waals surface area contributed by atoms with E-state index in [1.165, 1.54) is 24.3 Å². The van der Waals surface area contributed by atoms with Crippen LogP contribution < -0.4 is 4.74 Å². The molecule has 0 N–H and O–H groups in total. The van der Waals surface area contributed by atoms with E-state index >= 15 is 0 Å². The molecule has 1 rings (SSSR count). The summed E-state index contributed by atoms with van der Waals surface area (Å²) in [6.07, 6.45) is 1.00. The number of hydrogen-bond donors (Lipinski definition) is 0. The second-order valence-electron chi connectivity index (χ2n) is 2.56. The molecule has 0 heterocycles. The van der Waals surface area contributed by atoms with Gasteiger partial charge in [0, 0.05) is 0 Å². The first-order valence-electron chi connectivity index (χ1n) is 4.17. The van der Waals surface area contributed by atoms with E-state index < -0.39 is 10.0 Å². The van der Waals surface area contributed by atoms with Crippen LogP contribution in [0.5, 0.6) is 5.75 Å². The normalized spacial score (nSPS) is 10.5. The minimum absolute atomic E-state index is 0.0608. The molecule has 0 unspecified atom stereocenters. The summed E-state index contributed by atoms with van der Waals surface area (Å²) >= 11 is 0. The van der Waals surface area contributed by atoms with Crippen LogP contribution in [0.2, 0.25) is 0 Å². The Balaban J connectivity index is 3.04. The molecule has 0 spiro atoms. The fourth-order valence-corrected chi connectivity index (χ4v) is 1.66. The van der Waals surface area contributed by atoms with Crippen molar-refractivity contribution >= 4 is 16.1 Å². The topological polar surface area (TPSA) is 72.8 Å². The summed E-state index contributed by atoms with van der Waals surface area (Å²) < 4.78 is 30.3. The highest BCUT2D eigenvalue weighted by atomic mass is 32.2. The van der Waals surface area contributed by atoms with Gasteiger partial charge in [0.25, 0.3) is 16.1 Å². The molecule has 0 atom stereocenters. The maximum atomic E-state index is 11.2. The van der Waals surface area contributed by atoms with Gasteiger partial charge in [0.05, 0.1) is 11.5 Å². The molecule has 0 fully saturated rings. The lowest BCUT2D eigenvalue weighted by Crippen LogP contribution is -1.97. The molecule has 0 aliphatic rings. The number of hydrogen-bond acceptors (Lipinski definition) is 4. The van der Waals surface area contributed by atoms with Gasteiger partial charge in [-0.2, -0.15) is 8.42 Å². The van der Waals surface area contributed by atoms with E-state index in [4.69, 9.17) is 4.74 Å². The molecule has 1 aromatic rings. The van der Waals surface area contributed by atoms with Crippen LogP contribution in [0.25, 0.3) is 0 Å². The van der Waals surface area contributed by atoms with Crippen LogP contribution in [0.4, 0.5) is 0 Å². The van der Waals surface area contributed by atoms with Crippen molar-refractivity contribution in [3.8, 4) is 5.75 Å².